The molecule has 0 spiro atoms. The molecule has 5 nitrogen and oxygen atoms in total. The van der Waals surface area contributed by atoms with Gasteiger partial charge in [0.15, 0.2) is 0 Å². The molecule has 0 aromatic carbocycles. The van der Waals surface area contributed by atoms with E-state index in [0.29, 0.717) is 0 Å². The van der Waals surface area contributed by atoms with Crippen LogP contribution in [-0.2, 0) is 9.59 Å². The fourth-order valence-electron chi connectivity index (χ4n) is 0.851. The number of hydrogen-bond donors (Lipinski definition) is 3. The average molecular weight is 224 g/mol. The van der Waals surface area contributed by atoms with Crippen LogP contribution in [-0.4, -0.2) is 23.9 Å². The zero-order valence-electron chi connectivity index (χ0n) is 8.61. The number of carbonyl (C=O) groups excluding carboxylic acids is 2. The van der Waals surface area contributed by atoms with Gasteiger partial charge in [0.05, 0.1) is 6.04 Å². The second kappa shape index (κ2) is 6.62. The van der Waals surface area contributed by atoms with Crippen LogP contribution in [0.4, 0.5) is 0 Å². The van der Waals surface area contributed by atoms with E-state index in [-0.39, 0.29) is 24.2 Å². The van der Waals surface area contributed by atoms with Crippen LogP contribution in [0.15, 0.2) is 0 Å². The highest BCUT2D eigenvalue weighted by Gasteiger charge is 2.22. The minimum atomic E-state index is -0.640. The Hall–Kier alpha value is -0.810. The van der Waals surface area contributed by atoms with E-state index in [2.05, 4.69) is 5.32 Å². The molecule has 0 aliphatic carbocycles. The Kier molecular flexibility index (Phi) is 7.40. The molecule has 0 heterocycles. The summed E-state index contributed by atoms with van der Waals surface area (Å²) in [5.74, 6) is -0.929. The van der Waals surface area contributed by atoms with Gasteiger partial charge in [-0.15, -0.1) is 12.4 Å². The monoisotopic (exact) mass is 223 g/mol. The van der Waals surface area contributed by atoms with Crippen LogP contribution in [0.3, 0.4) is 0 Å². The number of amides is 2. The van der Waals surface area contributed by atoms with E-state index >= 15 is 0 Å². The van der Waals surface area contributed by atoms with Crippen molar-refractivity contribution in [3.63, 3.8) is 0 Å². The highest BCUT2D eigenvalue weighted by molar-refractivity contribution is 5.88. The lowest BCUT2D eigenvalue weighted by Gasteiger charge is -2.19. The molecule has 0 aromatic heterocycles. The Morgan fingerprint density at radius 3 is 1.86 bits per heavy atom. The Morgan fingerprint density at radius 2 is 1.64 bits per heavy atom. The third-order valence-electron chi connectivity index (χ3n) is 1.68. The number of primary amides is 1. The fraction of sp³-hybridized carbons (Fsp3) is 0.750. The molecule has 6 heteroatoms. The maximum atomic E-state index is 11.1. The van der Waals surface area contributed by atoms with Crippen molar-refractivity contribution in [2.24, 2.45) is 17.4 Å². The molecule has 0 radical (unpaired) electrons. The number of nitrogens with one attached hydrogen (secondary N) is 1. The highest BCUT2D eigenvalue weighted by atomic mass is 35.5. The van der Waals surface area contributed by atoms with E-state index in [1.54, 1.807) is 20.8 Å². The first-order chi connectivity index (χ1) is 5.86. The van der Waals surface area contributed by atoms with Crippen LogP contribution in [0.2, 0.25) is 0 Å². The van der Waals surface area contributed by atoms with Crippen LogP contribution >= 0.6 is 12.4 Å². The largest absolute Gasteiger partial charge is 0.368 e. The summed E-state index contributed by atoms with van der Waals surface area (Å²) in [6.45, 7) is 5.15. The molecule has 0 aromatic rings. The summed E-state index contributed by atoms with van der Waals surface area (Å²) >= 11 is 0. The fourth-order valence-corrected chi connectivity index (χ4v) is 0.851. The normalized spacial score (nSPS) is 14.1. The summed E-state index contributed by atoms with van der Waals surface area (Å²) in [4.78, 5) is 22.0. The van der Waals surface area contributed by atoms with Gasteiger partial charge in [0, 0.05) is 0 Å². The second-order valence-corrected chi connectivity index (χ2v) is 3.42. The Bertz CT molecular complexity index is 207. The lowest BCUT2D eigenvalue weighted by Crippen LogP contribution is -2.51. The quantitative estimate of drug-likeness (QED) is 0.593. The van der Waals surface area contributed by atoms with Gasteiger partial charge < -0.3 is 16.8 Å². The van der Waals surface area contributed by atoms with Gasteiger partial charge in [-0.25, -0.2) is 0 Å². The maximum absolute atomic E-state index is 11.1. The van der Waals surface area contributed by atoms with E-state index in [9.17, 15) is 9.59 Å². The average Bonchev–Trinajstić information content (AvgIpc) is 1.97. The van der Waals surface area contributed by atoms with Crippen LogP contribution in [0.1, 0.15) is 20.8 Å². The summed E-state index contributed by atoms with van der Waals surface area (Å²) in [6.07, 6.45) is 0. The molecular weight excluding hydrogens is 206 g/mol. The van der Waals surface area contributed by atoms with Gasteiger partial charge in [0.25, 0.3) is 0 Å². The molecule has 0 bridgehead atoms. The number of rotatable bonds is 4. The third kappa shape index (κ3) is 5.04. The Balaban J connectivity index is 0. The SMILES string of the molecule is CC(C)[C@@H](NC(=O)[C@@H](C)N)C(N)=O.Cl. The lowest BCUT2D eigenvalue weighted by molar-refractivity contribution is -0.128. The van der Waals surface area contributed by atoms with Gasteiger partial charge in [-0.2, -0.15) is 0 Å². The van der Waals surface area contributed by atoms with Gasteiger partial charge in [0.1, 0.15) is 6.04 Å². The molecule has 5 N–H and O–H groups in total. The second-order valence-electron chi connectivity index (χ2n) is 3.42. The molecule has 0 saturated carbocycles. The van der Waals surface area contributed by atoms with Gasteiger partial charge in [-0.1, -0.05) is 13.8 Å². The molecular formula is C8H18ClN3O2. The van der Waals surface area contributed by atoms with Crippen molar-refractivity contribution in [3.8, 4) is 0 Å². The predicted octanol–water partition coefficient (Wildman–Crippen LogP) is -0.618. The summed E-state index contributed by atoms with van der Waals surface area (Å²) < 4.78 is 0. The smallest absolute Gasteiger partial charge is 0.240 e. The van der Waals surface area contributed by atoms with Gasteiger partial charge in [0.2, 0.25) is 11.8 Å². The van der Waals surface area contributed by atoms with E-state index in [1.807, 2.05) is 0 Å². The first-order valence-electron chi connectivity index (χ1n) is 4.21. The van der Waals surface area contributed by atoms with Crippen molar-refractivity contribution in [3.05, 3.63) is 0 Å². The van der Waals surface area contributed by atoms with Gasteiger partial charge in [-0.05, 0) is 12.8 Å². The van der Waals surface area contributed by atoms with Crippen molar-refractivity contribution in [1.82, 2.24) is 5.32 Å². The van der Waals surface area contributed by atoms with Crippen LogP contribution in [0.5, 0.6) is 0 Å². The van der Waals surface area contributed by atoms with Crippen molar-refractivity contribution in [2.75, 3.05) is 0 Å². The van der Waals surface area contributed by atoms with E-state index < -0.39 is 18.0 Å². The summed E-state index contributed by atoms with van der Waals surface area (Å²) in [5.41, 5.74) is 10.4. The molecule has 0 unspecified atom stereocenters. The molecule has 2 atom stereocenters. The number of hydrogen-bond acceptors (Lipinski definition) is 3. The standard InChI is InChI=1S/C8H17N3O2.ClH/c1-4(2)6(7(10)12)11-8(13)5(3)9;/h4-6H,9H2,1-3H3,(H2,10,12)(H,11,13);1H/t5-,6-;/m1./s1. The number of halogens is 1. The molecule has 0 saturated heterocycles. The third-order valence-corrected chi connectivity index (χ3v) is 1.68. The zero-order valence-corrected chi connectivity index (χ0v) is 9.43. The van der Waals surface area contributed by atoms with E-state index in [4.69, 9.17) is 11.5 Å². The summed E-state index contributed by atoms with van der Waals surface area (Å²) in [7, 11) is 0. The van der Waals surface area contributed by atoms with Gasteiger partial charge >= 0.3 is 0 Å². The van der Waals surface area contributed by atoms with Crippen LogP contribution in [0, 0.1) is 5.92 Å². The lowest BCUT2D eigenvalue weighted by atomic mass is 10.0. The van der Waals surface area contributed by atoms with Crippen molar-refractivity contribution >= 4 is 24.2 Å². The van der Waals surface area contributed by atoms with E-state index in [0.717, 1.165) is 0 Å². The van der Waals surface area contributed by atoms with Crippen LogP contribution < -0.4 is 16.8 Å². The van der Waals surface area contributed by atoms with E-state index in [1.165, 1.54) is 0 Å². The predicted molar refractivity (Wildman–Crippen MR) is 56.9 cm³/mol. The molecule has 2 amide bonds. The first-order valence-corrected chi connectivity index (χ1v) is 4.21. The molecule has 84 valence electrons. The first kappa shape index (κ1) is 15.7. The van der Waals surface area contributed by atoms with Gasteiger partial charge in [-0.3, -0.25) is 9.59 Å². The zero-order chi connectivity index (χ0) is 10.6. The van der Waals surface area contributed by atoms with Crippen molar-refractivity contribution in [1.29, 1.82) is 0 Å². The number of nitrogens with two attached hydrogens (primary N) is 2. The minimum absolute atomic E-state index is 0. The molecule has 14 heavy (non-hydrogen) atoms. The van der Waals surface area contributed by atoms with Crippen molar-refractivity contribution in [2.45, 2.75) is 32.9 Å². The number of carbonyl (C=O) groups is 2. The Labute approximate surface area is 90.0 Å². The molecule has 0 aliphatic rings. The van der Waals surface area contributed by atoms with Crippen molar-refractivity contribution < 1.29 is 9.59 Å². The molecule has 0 fully saturated rings. The minimum Gasteiger partial charge on any atom is -0.368 e. The molecule has 0 aliphatic heterocycles. The summed E-state index contributed by atoms with van der Waals surface area (Å²) in [6, 6.07) is -1.26. The topological polar surface area (TPSA) is 98.2 Å². The highest BCUT2D eigenvalue weighted by Crippen LogP contribution is 2.00. The maximum Gasteiger partial charge on any atom is 0.240 e. The summed E-state index contributed by atoms with van der Waals surface area (Å²) in [5, 5.41) is 2.48. The van der Waals surface area contributed by atoms with Crippen LogP contribution in [0.25, 0.3) is 0 Å². The Morgan fingerprint density at radius 1 is 1.21 bits per heavy atom. The molecule has 0 rings (SSSR count).